The van der Waals surface area contributed by atoms with E-state index in [0.29, 0.717) is 17.7 Å². The average Bonchev–Trinajstić information content (AvgIpc) is 3.19. The lowest BCUT2D eigenvalue weighted by Gasteiger charge is -2.24. The number of hydrogen-bond donors (Lipinski definition) is 1. The first-order valence-electron chi connectivity index (χ1n) is 9.45. The first-order valence-corrected chi connectivity index (χ1v) is 10.3. The molecule has 1 saturated heterocycles. The molecule has 1 aromatic heterocycles. The van der Waals surface area contributed by atoms with E-state index in [1.807, 2.05) is 18.4 Å². The van der Waals surface area contributed by atoms with Crippen molar-refractivity contribution in [3.05, 3.63) is 62.6 Å². The summed E-state index contributed by atoms with van der Waals surface area (Å²) in [5.41, 5.74) is 1.76. The lowest BCUT2D eigenvalue weighted by atomic mass is 9.97. The number of likely N-dealkylation sites (tertiary alicyclic amines) is 1. The van der Waals surface area contributed by atoms with Gasteiger partial charge in [-0.15, -0.1) is 11.3 Å². The molecule has 1 aliphatic heterocycles. The first-order chi connectivity index (χ1) is 13.4. The van der Waals surface area contributed by atoms with E-state index < -0.39 is 17.7 Å². The van der Waals surface area contributed by atoms with E-state index in [0.717, 1.165) is 29.7 Å². The topological polar surface area (TPSA) is 57.6 Å². The molecule has 4 nitrogen and oxygen atoms in total. The lowest BCUT2D eigenvalue weighted by Crippen LogP contribution is -2.30. The fraction of sp³-hybridized carbons (Fsp3) is 0.364. The van der Waals surface area contributed by atoms with Gasteiger partial charge >= 0.3 is 0 Å². The molecule has 1 unspecified atom stereocenters. The number of aryl methyl sites for hydroxylation is 2. The van der Waals surface area contributed by atoms with Crippen molar-refractivity contribution in [3.63, 3.8) is 0 Å². The Morgan fingerprint density at radius 2 is 1.93 bits per heavy atom. The Morgan fingerprint density at radius 1 is 1.18 bits per heavy atom. The number of thiophene rings is 1. The van der Waals surface area contributed by atoms with Gasteiger partial charge in [-0.3, -0.25) is 9.59 Å². The van der Waals surface area contributed by atoms with Crippen LogP contribution in [0, 0.1) is 19.7 Å². The molecule has 148 valence electrons. The highest BCUT2D eigenvalue weighted by Crippen LogP contribution is 2.42. The number of unbranched alkanes of at least 4 members (excludes halogenated alkanes) is 2. The van der Waals surface area contributed by atoms with Crippen LogP contribution in [0.25, 0.3) is 5.76 Å². The van der Waals surface area contributed by atoms with Gasteiger partial charge < -0.3 is 10.0 Å². The maximum atomic E-state index is 13.6. The highest BCUT2D eigenvalue weighted by Gasteiger charge is 2.46. The smallest absolute Gasteiger partial charge is 0.295 e. The summed E-state index contributed by atoms with van der Waals surface area (Å²) in [4.78, 5) is 28.1. The third-order valence-corrected chi connectivity index (χ3v) is 6.20. The summed E-state index contributed by atoms with van der Waals surface area (Å²) < 4.78 is 13.6. The second-order valence-corrected chi connectivity index (χ2v) is 8.08. The number of aliphatic hydroxyl groups is 1. The number of Topliss-reactive ketones (excluding diaryl/α,β-unsaturated/α-hetero) is 1. The minimum absolute atomic E-state index is 0.0815. The van der Waals surface area contributed by atoms with Gasteiger partial charge in [-0.25, -0.2) is 4.39 Å². The summed E-state index contributed by atoms with van der Waals surface area (Å²) in [6.45, 7) is 6.06. The van der Waals surface area contributed by atoms with E-state index in [9.17, 15) is 19.1 Å². The lowest BCUT2D eigenvalue weighted by molar-refractivity contribution is -0.139. The van der Waals surface area contributed by atoms with Crippen LogP contribution >= 0.6 is 11.3 Å². The molecule has 1 N–H and O–H groups in total. The van der Waals surface area contributed by atoms with E-state index >= 15 is 0 Å². The van der Waals surface area contributed by atoms with Crippen LogP contribution in [-0.2, 0) is 9.59 Å². The number of ketones is 1. The van der Waals surface area contributed by atoms with Gasteiger partial charge in [-0.1, -0.05) is 19.8 Å². The summed E-state index contributed by atoms with van der Waals surface area (Å²) in [5.74, 6) is -1.91. The van der Waals surface area contributed by atoms with Crippen molar-refractivity contribution < 1.29 is 19.1 Å². The molecular weight excluding hydrogens is 377 g/mol. The second kappa shape index (κ2) is 8.27. The van der Waals surface area contributed by atoms with E-state index in [1.54, 1.807) is 11.8 Å². The van der Waals surface area contributed by atoms with Crippen molar-refractivity contribution in [1.82, 2.24) is 4.90 Å². The minimum atomic E-state index is -0.686. The minimum Gasteiger partial charge on any atom is -0.507 e. The van der Waals surface area contributed by atoms with E-state index in [1.165, 1.54) is 29.5 Å². The number of aliphatic hydroxyl groups excluding tert-OH is 1. The number of hydrogen-bond acceptors (Lipinski definition) is 4. The van der Waals surface area contributed by atoms with Crippen LogP contribution in [0.5, 0.6) is 0 Å². The molecule has 2 aromatic rings. The van der Waals surface area contributed by atoms with E-state index in [-0.39, 0.29) is 17.1 Å². The largest absolute Gasteiger partial charge is 0.507 e. The number of carbonyl (C=O) groups excluding carboxylic acids is 2. The fourth-order valence-corrected chi connectivity index (χ4v) is 4.57. The second-order valence-electron chi connectivity index (χ2n) is 7.13. The van der Waals surface area contributed by atoms with Crippen LogP contribution < -0.4 is 0 Å². The molecule has 1 amide bonds. The molecule has 0 bridgehead atoms. The van der Waals surface area contributed by atoms with Crippen molar-refractivity contribution in [2.24, 2.45) is 0 Å². The number of nitrogens with zero attached hydrogens (tertiary/aromatic N) is 1. The van der Waals surface area contributed by atoms with Crippen molar-refractivity contribution in [2.45, 2.75) is 46.1 Å². The number of carbonyl (C=O) groups is 2. The average molecular weight is 402 g/mol. The Labute approximate surface area is 168 Å². The zero-order valence-corrected chi connectivity index (χ0v) is 17.1. The highest BCUT2D eigenvalue weighted by atomic mass is 32.1. The molecule has 0 saturated carbocycles. The highest BCUT2D eigenvalue weighted by molar-refractivity contribution is 7.10. The van der Waals surface area contributed by atoms with Crippen LogP contribution in [0.4, 0.5) is 4.39 Å². The Morgan fingerprint density at radius 3 is 2.54 bits per heavy atom. The van der Waals surface area contributed by atoms with Crippen LogP contribution in [0.15, 0.2) is 35.2 Å². The number of rotatable bonds is 6. The van der Waals surface area contributed by atoms with Crippen LogP contribution in [0.3, 0.4) is 0 Å². The van der Waals surface area contributed by atoms with Crippen molar-refractivity contribution in [1.29, 1.82) is 0 Å². The molecule has 1 aromatic carbocycles. The Bertz CT molecular complexity index is 947. The van der Waals surface area contributed by atoms with Crippen molar-refractivity contribution in [3.8, 4) is 0 Å². The zero-order valence-electron chi connectivity index (χ0n) is 16.3. The molecule has 6 heteroatoms. The van der Waals surface area contributed by atoms with Gasteiger partial charge in [0.25, 0.3) is 11.7 Å². The standard InChI is InChI=1S/C22H24FNO3S/c1-4-5-6-10-24-18(21-13(2)9-11-28-21)17(20(26)22(24)27)19(25)15-7-8-16(23)14(3)12-15/h7-9,11-12,18,25H,4-6,10H2,1-3H3/b19-17-. The van der Waals surface area contributed by atoms with Crippen LogP contribution in [0.1, 0.15) is 53.8 Å². The van der Waals surface area contributed by atoms with Crippen LogP contribution in [-0.4, -0.2) is 28.2 Å². The van der Waals surface area contributed by atoms with Gasteiger partial charge in [0, 0.05) is 17.0 Å². The third kappa shape index (κ3) is 3.61. The summed E-state index contributed by atoms with van der Waals surface area (Å²) in [6.07, 6.45) is 2.75. The van der Waals surface area contributed by atoms with Crippen LogP contribution in [0.2, 0.25) is 0 Å². The van der Waals surface area contributed by atoms with Gasteiger partial charge in [0.05, 0.1) is 11.6 Å². The summed E-state index contributed by atoms with van der Waals surface area (Å²) in [7, 11) is 0. The quantitative estimate of drug-likeness (QED) is 0.316. The maximum Gasteiger partial charge on any atom is 0.295 e. The van der Waals surface area contributed by atoms with Gasteiger partial charge in [0.2, 0.25) is 0 Å². The molecule has 1 fully saturated rings. The van der Waals surface area contributed by atoms with Gasteiger partial charge in [-0.2, -0.15) is 0 Å². The normalized spacial score (nSPS) is 18.9. The van der Waals surface area contributed by atoms with E-state index in [4.69, 9.17) is 0 Å². The third-order valence-electron chi connectivity index (χ3n) is 5.12. The summed E-state index contributed by atoms with van der Waals surface area (Å²) >= 11 is 1.46. The maximum absolute atomic E-state index is 13.6. The van der Waals surface area contributed by atoms with Gasteiger partial charge in [0.15, 0.2) is 0 Å². The zero-order chi connectivity index (χ0) is 20.4. The van der Waals surface area contributed by atoms with Gasteiger partial charge in [0.1, 0.15) is 11.6 Å². The van der Waals surface area contributed by atoms with E-state index in [2.05, 4.69) is 6.92 Å². The summed E-state index contributed by atoms with van der Waals surface area (Å²) in [5, 5.41) is 12.9. The summed E-state index contributed by atoms with van der Waals surface area (Å²) in [6, 6.07) is 5.51. The molecular formula is C22H24FNO3S. The van der Waals surface area contributed by atoms with Crippen molar-refractivity contribution >= 4 is 28.8 Å². The predicted molar refractivity (Wildman–Crippen MR) is 109 cm³/mol. The predicted octanol–water partition coefficient (Wildman–Crippen LogP) is 5.12. The molecule has 28 heavy (non-hydrogen) atoms. The number of benzene rings is 1. The SMILES string of the molecule is CCCCCN1C(=O)C(=O)/C(=C(\O)c2ccc(F)c(C)c2)C1c1sccc1C. The molecule has 3 rings (SSSR count). The van der Waals surface area contributed by atoms with Crippen molar-refractivity contribution in [2.75, 3.05) is 6.54 Å². The fourth-order valence-electron chi connectivity index (χ4n) is 3.53. The molecule has 0 spiro atoms. The number of halogens is 1. The first kappa shape index (κ1) is 20.3. The molecule has 2 heterocycles. The Hall–Kier alpha value is -2.47. The number of amides is 1. The molecule has 1 atom stereocenters. The molecule has 1 aliphatic rings. The van der Waals surface area contributed by atoms with Gasteiger partial charge in [-0.05, 0) is 61.0 Å². The Balaban J connectivity index is 2.13. The molecule has 0 aliphatic carbocycles. The Kier molecular flexibility index (Phi) is 5.98. The molecule has 0 radical (unpaired) electrons. The monoisotopic (exact) mass is 401 g/mol.